The second-order valence-corrected chi connectivity index (χ2v) is 7.17. The maximum absolute atomic E-state index is 6.04. The summed E-state index contributed by atoms with van der Waals surface area (Å²) in [5.41, 5.74) is 7.18. The number of para-hydroxylation sites is 1. The molecular weight excluding hydrogens is 322 g/mol. The second-order valence-electron chi connectivity index (χ2n) is 6.08. The molecule has 1 unspecified atom stereocenters. The van der Waals surface area contributed by atoms with Crippen molar-refractivity contribution >= 4 is 17.3 Å². The van der Waals surface area contributed by atoms with Crippen LogP contribution in [0.15, 0.2) is 29.3 Å². The lowest BCUT2D eigenvalue weighted by Gasteiger charge is -2.26. The van der Waals surface area contributed by atoms with Crippen LogP contribution in [-0.2, 0) is 6.42 Å². The van der Waals surface area contributed by atoms with Gasteiger partial charge in [0.05, 0.1) is 12.6 Å². The Morgan fingerprint density at radius 2 is 2.25 bits per heavy atom. The number of nitrogens with zero attached hydrogens (tertiary/aromatic N) is 3. The van der Waals surface area contributed by atoms with Gasteiger partial charge in [-0.05, 0) is 6.07 Å². The summed E-state index contributed by atoms with van der Waals surface area (Å²) in [6.45, 7) is 5.54. The normalized spacial score (nSPS) is 17.5. The summed E-state index contributed by atoms with van der Waals surface area (Å²) in [4.78, 5) is 4.42. The van der Waals surface area contributed by atoms with Gasteiger partial charge in [0, 0.05) is 30.9 Å². The number of nitrogens with one attached hydrogen (secondary N) is 1. The summed E-state index contributed by atoms with van der Waals surface area (Å²) in [6.07, 6.45) is 1.64. The second kappa shape index (κ2) is 7.61. The summed E-state index contributed by atoms with van der Waals surface area (Å²) in [5, 5.41) is 13.8. The van der Waals surface area contributed by atoms with Crippen LogP contribution >= 0.6 is 11.3 Å². The van der Waals surface area contributed by atoms with E-state index in [1.807, 2.05) is 18.2 Å². The van der Waals surface area contributed by atoms with E-state index >= 15 is 0 Å². The lowest BCUT2D eigenvalue weighted by Crippen LogP contribution is -2.37. The first-order chi connectivity index (χ1) is 11.6. The van der Waals surface area contributed by atoms with Crippen molar-refractivity contribution in [3.05, 3.63) is 39.8 Å². The number of hydrogen-bond donors (Lipinski definition) is 2. The molecule has 6 nitrogen and oxygen atoms in total. The van der Waals surface area contributed by atoms with Crippen LogP contribution in [0.2, 0.25) is 0 Å². The van der Waals surface area contributed by atoms with Crippen LogP contribution in [0.4, 0.5) is 0 Å². The molecule has 1 atom stereocenters. The molecular formula is C17H23N5OS. The van der Waals surface area contributed by atoms with Gasteiger partial charge in [0.1, 0.15) is 15.8 Å². The molecule has 0 fully saturated rings. The summed E-state index contributed by atoms with van der Waals surface area (Å²) >= 11 is 1.65. The van der Waals surface area contributed by atoms with Crippen molar-refractivity contribution in [2.45, 2.75) is 38.6 Å². The number of rotatable bonds is 5. The van der Waals surface area contributed by atoms with E-state index in [2.05, 4.69) is 40.4 Å². The van der Waals surface area contributed by atoms with Crippen LogP contribution < -0.4 is 15.8 Å². The van der Waals surface area contributed by atoms with E-state index < -0.39 is 0 Å². The van der Waals surface area contributed by atoms with Gasteiger partial charge in [0.15, 0.2) is 5.96 Å². The summed E-state index contributed by atoms with van der Waals surface area (Å²) in [5.74, 6) is 1.80. The number of ether oxygens (including phenoxy) is 1. The van der Waals surface area contributed by atoms with Crippen molar-refractivity contribution in [3.8, 4) is 5.75 Å². The monoisotopic (exact) mass is 345 g/mol. The highest BCUT2D eigenvalue weighted by Crippen LogP contribution is 2.31. The zero-order valence-electron chi connectivity index (χ0n) is 14.0. The molecule has 2 heterocycles. The van der Waals surface area contributed by atoms with Gasteiger partial charge < -0.3 is 15.8 Å². The van der Waals surface area contributed by atoms with Crippen LogP contribution in [0.1, 0.15) is 47.8 Å². The van der Waals surface area contributed by atoms with E-state index in [1.54, 1.807) is 11.3 Å². The van der Waals surface area contributed by atoms with Gasteiger partial charge >= 0.3 is 0 Å². The van der Waals surface area contributed by atoms with Gasteiger partial charge in [0.2, 0.25) is 0 Å². The minimum absolute atomic E-state index is 0.146. The molecule has 0 spiro atoms. The molecule has 0 amide bonds. The quantitative estimate of drug-likeness (QED) is 0.643. The summed E-state index contributed by atoms with van der Waals surface area (Å²) < 4.78 is 5.66. The predicted molar refractivity (Wildman–Crippen MR) is 96.6 cm³/mol. The van der Waals surface area contributed by atoms with Gasteiger partial charge in [-0.25, -0.2) is 0 Å². The first-order valence-corrected chi connectivity index (χ1v) is 9.05. The fraction of sp³-hybridized carbons (Fsp3) is 0.471. The van der Waals surface area contributed by atoms with Gasteiger partial charge in [0.25, 0.3) is 0 Å². The number of aliphatic imine (C=N–C) groups is 1. The molecule has 0 aliphatic carbocycles. The maximum Gasteiger partial charge on any atom is 0.189 e. The van der Waals surface area contributed by atoms with Crippen molar-refractivity contribution in [1.29, 1.82) is 0 Å². The first-order valence-electron chi connectivity index (χ1n) is 8.24. The molecule has 1 aromatic carbocycles. The Balaban J connectivity index is 1.55. The number of hydrogen-bond acceptors (Lipinski definition) is 5. The third-order valence-corrected chi connectivity index (χ3v) is 5.15. The molecule has 0 saturated heterocycles. The smallest absolute Gasteiger partial charge is 0.189 e. The maximum atomic E-state index is 6.04. The third-order valence-electron chi connectivity index (χ3n) is 3.86. The molecule has 128 valence electrons. The van der Waals surface area contributed by atoms with Crippen LogP contribution in [0, 0.1) is 0 Å². The Bertz CT molecular complexity index is 713. The Morgan fingerprint density at radius 1 is 1.42 bits per heavy atom. The van der Waals surface area contributed by atoms with Gasteiger partial charge in [-0.3, -0.25) is 4.99 Å². The Labute approximate surface area is 146 Å². The van der Waals surface area contributed by atoms with Crippen LogP contribution in [0.25, 0.3) is 0 Å². The molecule has 7 heteroatoms. The van der Waals surface area contributed by atoms with Crippen LogP contribution in [0.3, 0.4) is 0 Å². The molecule has 24 heavy (non-hydrogen) atoms. The van der Waals surface area contributed by atoms with Gasteiger partial charge in [-0.15, -0.1) is 21.5 Å². The summed E-state index contributed by atoms with van der Waals surface area (Å²) in [7, 11) is 0. The Hall–Kier alpha value is -2.15. The predicted octanol–water partition coefficient (Wildman–Crippen LogP) is 2.63. The SMILES string of the molecule is CC(C)c1nnc(CCN=C(N)NC2CCOc3ccccc32)s1. The van der Waals surface area contributed by atoms with E-state index in [4.69, 9.17) is 10.5 Å². The van der Waals surface area contributed by atoms with Crippen LogP contribution in [0.5, 0.6) is 5.75 Å². The van der Waals surface area contributed by atoms with Crippen molar-refractivity contribution in [1.82, 2.24) is 15.5 Å². The molecule has 1 aromatic heterocycles. The number of fused-ring (bicyclic) bond motifs is 1. The molecule has 1 aliphatic heterocycles. The molecule has 2 aromatic rings. The van der Waals surface area contributed by atoms with E-state index in [0.717, 1.165) is 34.2 Å². The molecule has 0 bridgehead atoms. The number of aromatic nitrogens is 2. The minimum atomic E-state index is 0.146. The molecule has 0 saturated carbocycles. The fourth-order valence-electron chi connectivity index (χ4n) is 2.59. The fourth-order valence-corrected chi connectivity index (χ4v) is 3.42. The Morgan fingerprint density at radius 3 is 3.04 bits per heavy atom. The first kappa shape index (κ1) is 16.7. The average molecular weight is 345 g/mol. The number of guanidine groups is 1. The highest BCUT2D eigenvalue weighted by Gasteiger charge is 2.21. The number of nitrogens with two attached hydrogens (primary N) is 1. The van der Waals surface area contributed by atoms with E-state index in [1.165, 1.54) is 0 Å². The van der Waals surface area contributed by atoms with Crippen molar-refractivity contribution in [3.63, 3.8) is 0 Å². The van der Waals surface area contributed by atoms with E-state index in [0.29, 0.717) is 25.0 Å². The van der Waals surface area contributed by atoms with Crippen LogP contribution in [-0.4, -0.2) is 29.3 Å². The molecule has 0 radical (unpaired) electrons. The topological polar surface area (TPSA) is 85.4 Å². The standard InChI is InChI=1S/C17H23N5OS/c1-11(2)16-22-21-15(24-16)7-9-19-17(18)20-13-8-10-23-14-6-4-3-5-12(13)14/h3-6,11,13H,7-10H2,1-2H3,(H3,18,19,20). The summed E-state index contributed by atoms with van der Waals surface area (Å²) in [6, 6.07) is 8.18. The lowest BCUT2D eigenvalue weighted by molar-refractivity contribution is 0.262. The Kier molecular flexibility index (Phi) is 5.30. The largest absolute Gasteiger partial charge is 0.493 e. The molecule has 3 N–H and O–H groups in total. The van der Waals surface area contributed by atoms with Crippen molar-refractivity contribution < 1.29 is 4.74 Å². The van der Waals surface area contributed by atoms with Gasteiger partial charge in [-0.2, -0.15) is 0 Å². The van der Waals surface area contributed by atoms with Crippen molar-refractivity contribution in [2.75, 3.05) is 13.2 Å². The minimum Gasteiger partial charge on any atom is -0.493 e. The zero-order chi connectivity index (χ0) is 16.9. The van der Waals surface area contributed by atoms with E-state index in [-0.39, 0.29) is 6.04 Å². The third kappa shape index (κ3) is 4.03. The van der Waals surface area contributed by atoms with Crippen molar-refractivity contribution in [2.24, 2.45) is 10.7 Å². The number of benzene rings is 1. The molecule has 3 rings (SSSR count). The lowest BCUT2D eigenvalue weighted by atomic mass is 10.0. The highest BCUT2D eigenvalue weighted by molar-refractivity contribution is 7.11. The molecule has 1 aliphatic rings. The van der Waals surface area contributed by atoms with Gasteiger partial charge in [-0.1, -0.05) is 32.0 Å². The average Bonchev–Trinajstić information content (AvgIpc) is 3.04. The van der Waals surface area contributed by atoms with E-state index in [9.17, 15) is 0 Å². The zero-order valence-corrected chi connectivity index (χ0v) is 14.8. The highest BCUT2D eigenvalue weighted by atomic mass is 32.1.